The first-order valence-electron chi connectivity index (χ1n) is 8.15. The van der Waals surface area contributed by atoms with Gasteiger partial charge in [0.25, 0.3) is 0 Å². The van der Waals surface area contributed by atoms with Gasteiger partial charge in [-0.2, -0.15) is 0 Å². The van der Waals surface area contributed by atoms with E-state index in [0.29, 0.717) is 10.9 Å². The average molecular weight is 384 g/mol. The average Bonchev–Trinajstić information content (AvgIpc) is 2.52. The molecule has 3 rings (SSSR count). The summed E-state index contributed by atoms with van der Waals surface area (Å²) in [6, 6.07) is 5.41. The monoisotopic (exact) mass is 382 g/mol. The third-order valence-corrected chi connectivity index (χ3v) is 5.16. The van der Waals surface area contributed by atoms with E-state index in [-0.39, 0.29) is 36.7 Å². The Kier molecular flexibility index (Phi) is 9.17. The van der Waals surface area contributed by atoms with E-state index in [0.717, 1.165) is 31.7 Å². The molecule has 1 saturated carbocycles. The van der Waals surface area contributed by atoms with E-state index in [1.54, 1.807) is 0 Å². The van der Waals surface area contributed by atoms with Crippen molar-refractivity contribution in [2.45, 2.75) is 38.1 Å². The first-order chi connectivity index (χ1) is 10.3. The van der Waals surface area contributed by atoms with Crippen molar-refractivity contribution >= 4 is 36.4 Å². The summed E-state index contributed by atoms with van der Waals surface area (Å²) in [5, 5.41) is 3.88. The number of hydrogen-bond acceptors (Lipinski definition) is 2. The molecular formula is C17H26Cl3FN2. The summed E-state index contributed by atoms with van der Waals surface area (Å²) in [5.41, 5.74) is 0.841. The second kappa shape index (κ2) is 10.0. The number of nitrogens with one attached hydrogen (secondary N) is 1. The van der Waals surface area contributed by atoms with E-state index >= 15 is 0 Å². The second-order valence-corrected chi connectivity index (χ2v) is 6.73. The van der Waals surface area contributed by atoms with Gasteiger partial charge in [-0.15, -0.1) is 24.8 Å². The van der Waals surface area contributed by atoms with Gasteiger partial charge in [0.1, 0.15) is 5.82 Å². The largest absolute Gasteiger partial charge is 0.314 e. The predicted molar refractivity (Wildman–Crippen MR) is 99.7 cm³/mol. The van der Waals surface area contributed by atoms with Gasteiger partial charge in [0.2, 0.25) is 0 Å². The highest BCUT2D eigenvalue weighted by molar-refractivity contribution is 6.30. The SMILES string of the molecule is Cl.Cl.Fc1cc(Cl)ccc1[C@@H](C1CCCCC1)N1CCNCC1. The molecule has 1 atom stereocenters. The van der Waals surface area contributed by atoms with Gasteiger partial charge >= 0.3 is 0 Å². The van der Waals surface area contributed by atoms with Gasteiger partial charge in [0, 0.05) is 42.8 Å². The minimum absolute atomic E-state index is 0. The van der Waals surface area contributed by atoms with Crippen molar-refractivity contribution in [3.63, 3.8) is 0 Å². The summed E-state index contributed by atoms with van der Waals surface area (Å²) in [6.07, 6.45) is 6.33. The highest BCUT2D eigenvalue weighted by atomic mass is 35.5. The summed E-state index contributed by atoms with van der Waals surface area (Å²) in [5.74, 6) is 0.434. The lowest BCUT2D eigenvalue weighted by Gasteiger charge is -2.41. The quantitative estimate of drug-likeness (QED) is 0.802. The van der Waals surface area contributed by atoms with Crippen LogP contribution in [0.1, 0.15) is 43.7 Å². The molecule has 1 aromatic rings. The lowest BCUT2D eigenvalue weighted by Crippen LogP contribution is -2.47. The van der Waals surface area contributed by atoms with Crippen molar-refractivity contribution in [2.24, 2.45) is 5.92 Å². The van der Waals surface area contributed by atoms with Crippen LogP contribution >= 0.6 is 36.4 Å². The number of benzene rings is 1. The first kappa shape index (κ1) is 21.0. The van der Waals surface area contributed by atoms with Crippen molar-refractivity contribution in [3.8, 4) is 0 Å². The lowest BCUT2D eigenvalue weighted by atomic mass is 9.80. The molecule has 6 heteroatoms. The van der Waals surface area contributed by atoms with Crippen LogP contribution in [-0.4, -0.2) is 31.1 Å². The van der Waals surface area contributed by atoms with E-state index < -0.39 is 0 Å². The standard InChI is InChI=1S/C17H24ClFN2.2ClH/c18-14-6-7-15(16(19)12-14)17(13-4-2-1-3-5-13)21-10-8-20-9-11-21;;/h6-7,12-13,17,20H,1-5,8-11H2;2*1H/t17-;;/m1../s1. The molecule has 1 heterocycles. The fourth-order valence-electron chi connectivity index (χ4n) is 3.90. The second-order valence-electron chi connectivity index (χ2n) is 6.29. The number of halogens is 4. The molecule has 1 N–H and O–H groups in total. The van der Waals surface area contributed by atoms with Crippen LogP contribution in [0.3, 0.4) is 0 Å². The van der Waals surface area contributed by atoms with Gasteiger partial charge in [-0.05, 0) is 30.9 Å². The summed E-state index contributed by atoms with van der Waals surface area (Å²) in [7, 11) is 0. The number of nitrogens with zero attached hydrogens (tertiary/aromatic N) is 1. The van der Waals surface area contributed by atoms with Gasteiger partial charge < -0.3 is 5.32 Å². The van der Waals surface area contributed by atoms with Crippen LogP contribution in [0.2, 0.25) is 5.02 Å². The molecule has 0 unspecified atom stereocenters. The Balaban J connectivity index is 0.00000132. The Bertz CT molecular complexity index is 457. The highest BCUT2D eigenvalue weighted by Gasteiger charge is 2.32. The molecule has 1 aromatic carbocycles. The molecule has 2 aliphatic rings. The van der Waals surface area contributed by atoms with Gasteiger partial charge in [0.15, 0.2) is 0 Å². The molecule has 0 aromatic heterocycles. The van der Waals surface area contributed by atoms with E-state index in [9.17, 15) is 4.39 Å². The topological polar surface area (TPSA) is 15.3 Å². The third kappa shape index (κ3) is 5.20. The van der Waals surface area contributed by atoms with Gasteiger partial charge in [0.05, 0.1) is 0 Å². The zero-order chi connectivity index (χ0) is 14.7. The summed E-state index contributed by atoms with van der Waals surface area (Å²) in [4.78, 5) is 2.47. The molecule has 1 saturated heterocycles. The number of piperazine rings is 1. The Morgan fingerprint density at radius 1 is 1.09 bits per heavy atom. The first-order valence-corrected chi connectivity index (χ1v) is 8.53. The van der Waals surface area contributed by atoms with E-state index in [1.165, 1.54) is 38.2 Å². The minimum atomic E-state index is -0.142. The number of rotatable bonds is 3. The van der Waals surface area contributed by atoms with Gasteiger partial charge in [-0.3, -0.25) is 4.90 Å². The zero-order valence-electron chi connectivity index (χ0n) is 13.3. The molecule has 0 radical (unpaired) electrons. The molecule has 132 valence electrons. The smallest absolute Gasteiger partial charge is 0.129 e. The third-order valence-electron chi connectivity index (χ3n) is 4.92. The minimum Gasteiger partial charge on any atom is -0.314 e. The fourth-order valence-corrected chi connectivity index (χ4v) is 4.06. The van der Waals surface area contributed by atoms with Crippen molar-refractivity contribution < 1.29 is 4.39 Å². The number of hydrogen-bond donors (Lipinski definition) is 1. The normalized spacial score (nSPS) is 21.1. The van der Waals surface area contributed by atoms with Gasteiger partial charge in [-0.1, -0.05) is 36.9 Å². The van der Waals surface area contributed by atoms with Crippen LogP contribution < -0.4 is 5.32 Å². The maximum absolute atomic E-state index is 14.5. The lowest BCUT2D eigenvalue weighted by molar-refractivity contribution is 0.101. The van der Waals surface area contributed by atoms with Crippen LogP contribution in [0.4, 0.5) is 4.39 Å². The molecule has 0 bridgehead atoms. The maximum Gasteiger partial charge on any atom is 0.129 e. The summed E-state index contributed by atoms with van der Waals surface area (Å²) in [6.45, 7) is 4.00. The van der Waals surface area contributed by atoms with Crippen molar-refractivity contribution in [3.05, 3.63) is 34.6 Å². The Morgan fingerprint density at radius 2 is 1.74 bits per heavy atom. The zero-order valence-corrected chi connectivity index (χ0v) is 15.7. The fraction of sp³-hybridized carbons (Fsp3) is 0.647. The molecule has 0 spiro atoms. The van der Waals surface area contributed by atoms with Crippen molar-refractivity contribution in [1.29, 1.82) is 0 Å². The molecular weight excluding hydrogens is 358 g/mol. The Morgan fingerprint density at radius 3 is 2.35 bits per heavy atom. The molecule has 1 aliphatic heterocycles. The van der Waals surface area contributed by atoms with Crippen LogP contribution in [0.25, 0.3) is 0 Å². The highest BCUT2D eigenvalue weighted by Crippen LogP contribution is 2.39. The summed E-state index contributed by atoms with van der Waals surface area (Å²) >= 11 is 5.93. The van der Waals surface area contributed by atoms with Crippen LogP contribution in [0.15, 0.2) is 18.2 Å². The van der Waals surface area contributed by atoms with E-state index in [1.807, 2.05) is 12.1 Å². The molecule has 0 amide bonds. The van der Waals surface area contributed by atoms with Crippen LogP contribution in [0, 0.1) is 11.7 Å². The molecule has 1 aliphatic carbocycles. The molecule has 2 nitrogen and oxygen atoms in total. The molecule has 2 fully saturated rings. The van der Waals surface area contributed by atoms with Crippen molar-refractivity contribution in [1.82, 2.24) is 10.2 Å². The maximum atomic E-state index is 14.5. The molecule has 23 heavy (non-hydrogen) atoms. The van der Waals surface area contributed by atoms with Crippen LogP contribution in [-0.2, 0) is 0 Å². The summed E-state index contributed by atoms with van der Waals surface area (Å²) < 4.78 is 14.5. The van der Waals surface area contributed by atoms with Gasteiger partial charge in [-0.25, -0.2) is 4.39 Å². The van der Waals surface area contributed by atoms with E-state index in [4.69, 9.17) is 11.6 Å². The van der Waals surface area contributed by atoms with Crippen molar-refractivity contribution in [2.75, 3.05) is 26.2 Å². The van der Waals surface area contributed by atoms with E-state index in [2.05, 4.69) is 10.2 Å². The Hall–Kier alpha value is -0.0600. The predicted octanol–water partition coefficient (Wildman–Crippen LogP) is 4.85. The Labute approximate surface area is 156 Å². The van der Waals surface area contributed by atoms with Crippen LogP contribution in [0.5, 0.6) is 0 Å².